The third-order valence-electron chi connectivity index (χ3n) is 2.17. The van der Waals surface area contributed by atoms with Gasteiger partial charge in [0.1, 0.15) is 0 Å². The quantitative estimate of drug-likeness (QED) is 0.647. The molecule has 68 valence electrons. The maximum absolute atomic E-state index is 4.48. The number of allylic oxidation sites excluding steroid dienone is 2. The fourth-order valence-corrected chi connectivity index (χ4v) is 1.35. The van der Waals surface area contributed by atoms with Crippen molar-refractivity contribution in [1.82, 2.24) is 4.98 Å². The molecule has 0 bridgehead atoms. The predicted molar refractivity (Wildman–Crippen MR) is 61.0 cm³/mol. The van der Waals surface area contributed by atoms with Crippen molar-refractivity contribution in [3.05, 3.63) is 61.3 Å². The van der Waals surface area contributed by atoms with Gasteiger partial charge in [0.15, 0.2) is 0 Å². The van der Waals surface area contributed by atoms with Crippen LogP contribution >= 0.6 is 0 Å². The molecular formula is C13H11N. The Hall–Kier alpha value is -1.89. The van der Waals surface area contributed by atoms with Crippen molar-refractivity contribution in [2.24, 2.45) is 0 Å². The molecule has 1 aromatic carbocycles. The van der Waals surface area contributed by atoms with Gasteiger partial charge in [0, 0.05) is 5.39 Å². The van der Waals surface area contributed by atoms with Crippen LogP contribution in [-0.2, 0) is 0 Å². The van der Waals surface area contributed by atoms with E-state index in [9.17, 15) is 0 Å². The van der Waals surface area contributed by atoms with Crippen LogP contribution in [-0.4, -0.2) is 4.98 Å². The van der Waals surface area contributed by atoms with Gasteiger partial charge in [0.05, 0.1) is 11.2 Å². The van der Waals surface area contributed by atoms with Gasteiger partial charge in [-0.25, -0.2) is 4.98 Å². The highest BCUT2D eigenvalue weighted by Gasteiger charge is 1.98. The summed E-state index contributed by atoms with van der Waals surface area (Å²) in [6.07, 6.45) is 1.72. The maximum atomic E-state index is 4.48. The number of para-hydroxylation sites is 1. The van der Waals surface area contributed by atoms with E-state index in [1.54, 1.807) is 6.08 Å². The van der Waals surface area contributed by atoms with E-state index in [4.69, 9.17) is 0 Å². The monoisotopic (exact) mass is 181 g/mol. The van der Waals surface area contributed by atoms with Gasteiger partial charge in [-0.1, -0.05) is 43.5 Å². The SMILES string of the molecule is C=CC(=C)c1ccc2ccccc2n1. The number of benzene rings is 1. The number of hydrogen-bond donors (Lipinski definition) is 0. The summed E-state index contributed by atoms with van der Waals surface area (Å²) in [4.78, 5) is 4.48. The van der Waals surface area contributed by atoms with Gasteiger partial charge in [0.2, 0.25) is 0 Å². The Morgan fingerprint density at radius 3 is 2.71 bits per heavy atom. The Morgan fingerprint density at radius 2 is 1.93 bits per heavy atom. The zero-order valence-corrected chi connectivity index (χ0v) is 7.90. The molecule has 0 radical (unpaired) electrons. The molecule has 0 aliphatic rings. The van der Waals surface area contributed by atoms with E-state index in [1.165, 1.54) is 0 Å². The summed E-state index contributed by atoms with van der Waals surface area (Å²) >= 11 is 0. The van der Waals surface area contributed by atoms with E-state index in [2.05, 4.69) is 18.1 Å². The lowest BCUT2D eigenvalue weighted by Crippen LogP contribution is -1.86. The molecule has 0 spiro atoms. The van der Waals surface area contributed by atoms with Crippen molar-refractivity contribution >= 4 is 16.5 Å². The largest absolute Gasteiger partial charge is 0.248 e. The smallest absolute Gasteiger partial charge is 0.0709 e. The number of aromatic nitrogens is 1. The van der Waals surface area contributed by atoms with Crippen molar-refractivity contribution in [3.8, 4) is 0 Å². The van der Waals surface area contributed by atoms with Crippen molar-refractivity contribution < 1.29 is 0 Å². The molecule has 0 aliphatic heterocycles. The van der Waals surface area contributed by atoms with Crippen molar-refractivity contribution in [3.63, 3.8) is 0 Å². The Morgan fingerprint density at radius 1 is 1.14 bits per heavy atom. The molecule has 0 N–H and O–H groups in total. The number of fused-ring (bicyclic) bond motifs is 1. The summed E-state index contributed by atoms with van der Waals surface area (Å²) in [5.74, 6) is 0. The zero-order chi connectivity index (χ0) is 9.97. The minimum atomic E-state index is 0.857. The normalized spacial score (nSPS) is 10.0. The van der Waals surface area contributed by atoms with Crippen molar-refractivity contribution in [2.75, 3.05) is 0 Å². The molecule has 0 aliphatic carbocycles. The number of pyridine rings is 1. The summed E-state index contributed by atoms with van der Waals surface area (Å²) in [5.41, 5.74) is 2.74. The van der Waals surface area contributed by atoms with Crippen LogP contribution < -0.4 is 0 Å². The molecule has 0 atom stereocenters. The lowest BCUT2D eigenvalue weighted by Gasteiger charge is -2.01. The second-order valence-corrected chi connectivity index (χ2v) is 3.12. The van der Waals surface area contributed by atoms with Crippen LogP contribution in [0.15, 0.2) is 55.6 Å². The molecule has 1 nitrogen and oxygen atoms in total. The van der Waals surface area contributed by atoms with Crippen LogP contribution in [0.4, 0.5) is 0 Å². The first kappa shape index (κ1) is 8.70. The first-order chi connectivity index (χ1) is 6.81. The van der Waals surface area contributed by atoms with Gasteiger partial charge in [0.25, 0.3) is 0 Å². The van der Waals surface area contributed by atoms with Gasteiger partial charge >= 0.3 is 0 Å². The van der Waals surface area contributed by atoms with E-state index in [0.29, 0.717) is 0 Å². The molecule has 0 saturated carbocycles. The second kappa shape index (κ2) is 3.46. The summed E-state index contributed by atoms with van der Waals surface area (Å²) in [5, 5.41) is 1.15. The first-order valence-electron chi connectivity index (χ1n) is 4.49. The molecule has 14 heavy (non-hydrogen) atoms. The Labute approximate surface area is 83.4 Å². The van der Waals surface area contributed by atoms with Gasteiger partial charge in [-0.2, -0.15) is 0 Å². The number of nitrogens with zero attached hydrogens (tertiary/aromatic N) is 1. The number of hydrogen-bond acceptors (Lipinski definition) is 1. The average molecular weight is 181 g/mol. The van der Waals surface area contributed by atoms with Gasteiger partial charge < -0.3 is 0 Å². The summed E-state index contributed by atoms with van der Waals surface area (Å²) in [6, 6.07) is 12.0. The van der Waals surface area contributed by atoms with E-state index >= 15 is 0 Å². The summed E-state index contributed by atoms with van der Waals surface area (Å²) < 4.78 is 0. The summed E-state index contributed by atoms with van der Waals surface area (Å²) in [7, 11) is 0. The van der Waals surface area contributed by atoms with Gasteiger partial charge in [-0.15, -0.1) is 0 Å². The molecule has 0 amide bonds. The highest BCUT2D eigenvalue weighted by atomic mass is 14.7. The Bertz CT molecular complexity index is 497. The lowest BCUT2D eigenvalue weighted by molar-refractivity contribution is 1.35. The second-order valence-electron chi connectivity index (χ2n) is 3.12. The van der Waals surface area contributed by atoms with Crippen LogP contribution in [0.25, 0.3) is 16.5 Å². The van der Waals surface area contributed by atoms with E-state index in [1.807, 2.05) is 36.4 Å². The average Bonchev–Trinajstić information content (AvgIpc) is 2.27. The predicted octanol–water partition coefficient (Wildman–Crippen LogP) is 3.43. The fraction of sp³-hybridized carbons (Fsp3) is 0. The van der Waals surface area contributed by atoms with Crippen molar-refractivity contribution in [1.29, 1.82) is 0 Å². The molecule has 2 aromatic rings. The lowest BCUT2D eigenvalue weighted by atomic mass is 10.1. The third-order valence-corrected chi connectivity index (χ3v) is 2.17. The number of rotatable bonds is 2. The zero-order valence-electron chi connectivity index (χ0n) is 7.90. The molecule has 1 aromatic heterocycles. The Kier molecular flexibility index (Phi) is 2.15. The molecular weight excluding hydrogens is 170 g/mol. The van der Waals surface area contributed by atoms with Crippen LogP contribution in [0.2, 0.25) is 0 Å². The summed E-state index contributed by atoms with van der Waals surface area (Å²) in [6.45, 7) is 7.55. The van der Waals surface area contributed by atoms with E-state index < -0.39 is 0 Å². The van der Waals surface area contributed by atoms with Crippen LogP contribution in [0.1, 0.15) is 5.69 Å². The molecule has 0 fully saturated rings. The maximum Gasteiger partial charge on any atom is 0.0709 e. The topological polar surface area (TPSA) is 12.9 Å². The minimum absolute atomic E-state index is 0.857. The molecule has 0 unspecified atom stereocenters. The van der Waals surface area contributed by atoms with Crippen LogP contribution in [0.5, 0.6) is 0 Å². The van der Waals surface area contributed by atoms with Gasteiger partial charge in [-0.3, -0.25) is 0 Å². The van der Waals surface area contributed by atoms with E-state index in [0.717, 1.165) is 22.2 Å². The minimum Gasteiger partial charge on any atom is -0.248 e. The standard InChI is InChI=1S/C13H11N/c1-3-10(2)12-9-8-11-6-4-5-7-13(11)14-12/h3-9H,1-2H2. The molecule has 2 rings (SSSR count). The first-order valence-corrected chi connectivity index (χ1v) is 4.49. The van der Waals surface area contributed by atoms with Crippen LogP contribution in [0, 0.1) is 0 Å². The van der Waals surface area contributed by atoms with Gasteiger partial charge in [-0.05, 0) is 17.7 Å². The highest BCUT2D eigenvalue weighted by Crippen LogP contribution is 2.16. The van der Waals surface area contributed by atoms with Crippen molar-refractivity contribution in [2.45, 2.75) is 0 Å². The van der Waals surface area contributed by atoms with E-state index in [-0.39, 0.29) is 0 Å². The van der Waals surface area contributed by atoms with Crippen LogP contribution in [0.3, 0.4) is 0 Å². The molecule has 0 saturated heterocycles. The molecule has 1 heterocycles. The highest BCUT2D eigenvalue weighted by molar-refractivity contribution is 5.81. The fourth-order valence-electron chi connectivity index (χ4n) is 1.35. The Balaban J connectivity index is 2.62. The third kappa shape index (κ3) is 1.44. The molecule has 1 heteroatoms.